The molecule has 0 heterocycles. The Morgan fingerprint density at radius 2 is 0.852 bits per heavy atom. The second-order valence-corrected chi connectivity index (χ2v) is 22.4. The maximum absolute atomic E-state index is 2.59. The number of benzene rings is 13. The Kier molecular flexibility index (Phi) is 11.2. The van der Waals surface area contributed by atoms with Crippen LogP contribution in [-0.2, 0) is 18.3 Å². The molecule has 0 fully saturated rings. The third-order valence-electron chi connectivity index (χ3n) is 18.2. The second kappa shape index (κ2) is 19.2. The summed E-state index contributed by atoms with van der Waals surface area (Å²) in [4.78, 5) is 0. The van der Waals surface area contributed by atoms with Gasteiger partial charge in [-0.25, -0.2) is 0 Å². The van der Waals surface area contributed by atoms with Crippen LogP contribution in [0.1, 0.15) is 68.0 Å². The smallest absolute Gasteiger partial charge is 0.0622 e. The van der Waals surface area contributed by atoms with E-state index in [-0.39, 0.29) is 11.3 Å². The molecule has 3 aliphatic rings. The van der Waals surface area contributed by atoms with Crippen LogP contribution in [0, 0.1) is 0 Å². The minimum absolute atomic E-state index is 0.125. The maximum atomic E-state index is 2.59. The minimum atomic E-state index is -0.384. The molecular formula is C81H56. The quantitative estimate of drug-likeness (QED) is 0.105. The first-order chi connectivity index (χ1) is 40.2. The Labute approximate surface area is 474 Å². The maximum Gasteiger partial charge on any atom is 0.0725 e. The summed E-state index contributed by atoms with van der Waals surface area (Å²) in [5, 5.41) is 5.24. The summed E-state index contributed by atoms with van der Waals surface area (Å²) in [7, 11) is 0. The highest BCUT2D eigenvalue weighted by atomic mass is 14.5. The standard InChI is InChI=1S/C81H56/c1-3-21-55(22-4-1)56-42-39-53(40-43-56)49-60(63-28-10-9-26-61(63)57-23-5-2-6-24-57)50-54-41-46-64-62-27-8-7-25-58(62)44-47-72(73(64)51-54)80-70-34-13-11-32-68(70)79(69-33-12-14-35-71(69)80)59-45-48-78-74(52-59)67-31-17-20-38-77(67)81(78)75-36-18-15-29-65(75)66-30-16-19-37-76(66)81/h1-43,45-46,48-49,51-52,72H,44,47,50H2/b60-49-. The summed E-state index contributed by atoms with van der Waals surface area (Å²) in [6.07, 6.45) is 5.18. The van der Waals surface area contributed by atoms with E-state index in [0.29, 0.717) is 0 Å². The molecule has 1 spiro atoms. The molecule has 0 nitrogen and oxygen atoms in total. The van der Waals surface area contributed by atoms with Crippen LogP contribution >= 0.6 is 0 Å². The van der Waals surface area contributed by atoms with E-state index >= 15 is 0 Å². The van der Waals surface area contributed by atoms with E-state index in [1.807, 2.05) is 0 Å². The molecule has 81 heavy (non-hydrogen) atoms. The van der Waals surface area contributed by atoms with E-state index in [4.69, 9.17) is 0 Å². The third-order valence-corrected chi connectivity index (χ3v) is 18.2. The molecule has 13 aromatic carbocycles. The highest BCUT2D eigenvalue weighted by Crippen LogP contribution is 2.63. The van der Waals surface area contributed by atoms with Crippen LogP contribution < -0.4 is 0 Å². The largest absolute Gasteiger partial charge is 0.0725 e. The van der Waals surface area contributed by atoms with Gasteiger partial charge in [-0.3, -0.25) is 0 Å². The number of hydrogen-bond acceptors (Lipinski definition) is 0. The molecule has 0 aliphatic heterocycles. The van der Waals surface area contributed by atoms with Gasteiger partial charge in [-0.1, -0.05) is 291 Å². The van der Waals surface area contributed by atoms with E-state index in [1.54, 1.807) is 0 Å². The van der Waals surface area contributed by atoms with Gasteiger partial charge < -0.3 is 0 Å². The molecule has 0 bridgehead atoms. The number of hydrogen-bond donors (Lipinski definition) is 0. The van der Waals surface area contributed by atoms with E-state index < -0.39 is 0 Å². The second-order valence-electron chi connectivity index (χ2n) is 22.4. The normalized spacial score (nSPS) is 14.4. The first-order valence-corrected chi connectivity index (χ1v) is 28.8. The molecule has 16 rings (SSSR count). The fourth-order valence-electron chi connectivity index (χ4n) is 14.8. The van der Waals surface area contributed by atoms with E-state index in [2.05, 4.69) is 297 Å². The van der Waals surface area contributed by atoms with Gasteiger partial charge >= 0.3 is 0 Å². The van der Waals surface area contributed by atoms with Crippen molar-refractivity contribution in [2.24, 2.45) is 0 Å². The number of rotatable bonds is 8. The van der Waals surface area contributed by atoms with Gasteiger partial charge in [-0.05, 0) is 175 Å². The van der Waals surface area contributed by atoms with Crippen molar-refractivity contribution in [3.63, 3.8) is 0 Å². The third kappa shape index (κ3) is 7.51. The monoisotopic (exact) mass is 1030 g/mol. The van der Waals surface area contributed by atoms with Gasteiger partial charge in [0.1, 0.15) is 0 Å². The zero-order valence-corrected chi connectivity index (χ0v) is 45.0. The van der Waals surface area contributed by atoms with Crippen molar-refractivity contribution in [1.29, 1.82) is 0 Å². The highest BCUT2D eigenvalue weighted by molar-refractivity contribution is 6.16. The topological polar surface area (TPSA) is 0 Å². The van der Waals surface area contributed by atoms with Crippen LogP contribution in [0.5, 0.6) is 0 Å². The first-order valence-electron chi connectivity index (χ1n) is 28.8. The molecule has 1 atom stereocenters. The van der Waals surface area contributed by atoms with Crippen LogP contribution in [0.4, 0.5) is 0 Å². The summed E-state index contributed by atoms with van der Waals surface area (Å²) in [5.41, 5.74) is 29.8. The van der Waals surface area contributed by atoms with Crippen molar-refractivity contribution in [3.05, 3.63) is 347 Å². The SMILES string of the molecule is C(=C(\Cc1ccc2c(c1)C(c1c3ccccc3c(-c3ccc4c(c3)-c3ccccc3C43c4ccccc4-c4ccccc43)c3ccccc13)CCc1ccccc1-2)c1ccccc1-c1ccccc1)/c1ccc(-c2ccccc2)cc1. The van der Waals surface area contributed by atoms with Gasteiger partial charge in [-0.2, -0.15) is 0 Å². The van der Waals surface area contributed by atoms with Crippen LogP contribution in [0.15, 0.2) is 291 Å². The zero-order chi connectivity index (χ0) is 53.4. The molecule has 0 amide bonds. The average Bonchev–Trinajstić information content (AvgIpc) is 2.08. The lowest BCUT2D eigenvalue weighted by Crippen LogP contribution is -2.25. The lowest BCUT2D eigenvalue weighted by atomic mass is 9.70. The van der Waals surface area contributed by atoms with E-state index in [0.717, 1.165) is 19.3 Å². The van der Waals surface area contributed by atoms with Crippen LogP contribution in [-0.4, -0.2) is 0 Å². The Morgan fingerprint density at radius 3 is 1.51 bits per heavy atom. The summed E-state index contributed by atoms with van der Waals surface area (Å²) < 4.78 is 0. The molecule has 13 aromatic rings. The lowest BCUT2D eigenvalue weighted by molar-refractivity contribution is 0.734. The van der Waals surface area contributed by atoms with E-state index in [9.17, 15) is 0 Å². The average molecular weight is 1030 g/mol. The van der Waals surface area contributed by atoms with Gasteiger partial charge in [0.2, 0.25) is 0 Å². The lowest BCUT2D eigenvalue weighted by Gasteiger charge is -2.30. The molecule has 3 aliphatic carbocycles. The summed E-state index contributed by atoms with van der Waals surface area (Å²) in [5.74, 6) is 0.125. The van der Waals surface area contributed by atoms with Gasteiger partial charge in [0, 0.05) is 5.92 Å². The van der Waals surface area contributed by atoms with Crippen molar-refractivity contribution < 1.29 is 0 Å². The van der Waals surface area contributed by atoms with Crippen molar-refractivity contribution in [2.45, 2.75) is 30.6 Å². The Bertz CT molecular complexity index is 4550. The van der Waals surface area contributed by atoms with Crippen molar-refractivity contribution in [3.8, 4) is 66.8 Å². The fraction of sp³-hybridized carbons (Fsp3) is 0.0617. The Morgan fingerprint density at radius 1 is 0.358 bits per heavy atom. The molecular weight excluding hydrogens is 973 g/mol. The Balaban J connectivity index is 0.866. The fourth-order valence-corrected chi connectivity index (χ4v) is 14.8. The predicted octanol–water partition coefficient (Wildman–Crippen LogP) is 20.9. The molecule has 0 radical (unpaired) electrons. The van der Waals surface area contributed by atoms with Gasteiger partial charge in [0.05, 0.1) is 5.41 Å². The Hall–Kier alpha value is -9.88. The van der Waals surface area contributed by atoms with E-state index in [1.165, 1.54) is 150 Å². The highest BCUT2D eigenvalue weighted by Gasteiger charge is 2.51. The molecule has 380 valence electrons. The molecule has 0 N–H and O–H groups in total. The van der Waals surface area contributed by atoms with Crippen molar-refractivity contribution in [1.82, 2.24) is 0 Å². The van der Waals surface area contributed by atoms with Gasteiger partial charge in [0.15, 0.2) is 0 Å². The van der Waals surface area contributed by atoms with Crippen LogP contribution in [0.2, 0.25) is 0 Å². The molecule has 0 saturated heterocycles. The predicted molar refractivity (Wildman–Crippen MR) is 341 cm³/mol. The molecule has 0 aromatic heterocycles. The number of aryl methyl sites for hydroxylation is 1. The van der Waals surface area contributed by atoms with Gasteiger partial charge in [0.25, 0.3) is 0 Å². The van der Waals surface area contributed by atoms with Crippen molar-refractivity contribution in [2.75, 3.05) is 0 Å². The summed E-state index contributed by atoms with van der Waals surface area (Å²) >= 11 is 0. The first kappa shape index (κ1) is 47.1. The zero-order valence-electron chi connectivity index (χ0n) is 45.0. The summed E-state index contributed by atoms with van der Waals surface area (Å²) in [6, 6.07) is 110. The van der Waals surface area contributed by atoms with Crippen LogP contribution in [0.3, 0.4) is 0 Å². The van der Waals surface area contributed by atoms with Gasteiger partial charge in [-0.15, -0.1) is 0 Å². The minimum Gasteiger partial charge on any atom is -0.0622 e. The molecule has 0 saturated carbocycles. The number of fused-ring (bicyclic) bond motifs is 15. The molecule has 1 unspecified atom stereocenters. The van der Waals surface area contributed by atoms with Crippen LogP contribution in [0.25, 0.3) is 100.0 Å². The number of allylic oxidation sites excluding steroid dienone is 1. The van der Waals surface area contributed by atoms with Crippen molar-refractivity contribution >= 4 is 33.2 Å². The molecule has 0 heteroatoms. The summed E-state index contributed by atoms with van der Waals surface area (Å²) in [6.45, 7) is 0.